The van der Waals surface area contributed by atoms with Gasteiger partial charge in [-0.05, 0) is 19.1 Å². The molecule has 0 aliphatic carbocycles. The van der Waals surface area contributed by atoms with Crippen LogP contribution >= 0.6 is 19.2 Å². The monoisotopic (exact) mass is 540 g/mol. The lowest BCUT2D eigenvalue weighted by atomic mass is 9.97. The number of hydrogen-bond donors (Lipinski definition) is 5. The standard InChI is InChI=1S/C22H23ClFN4O7P/c1-3-22(10-34-11-36(31,32)33)19(30)18(29)21(35-22)28-20-14(9-25-28)16(8-17(23)27-20)26-12(2)13-6-4-5-7-15(13)24/h1,4-9,12,18-19,21,29-30H,10-11H2,2H3,(H,26,27)(H2,31,32,33)/t12?,18-,19+,21?,22-/m1/s1. The molecule has 2 unspecified atom stereocenters. The van der Waals surface area contributed by atoms with E-state index in [9.17, 15) is 19.2 Å². The number of nitrogens with zero attached hydrogens (tertiary/aromatic N) is 3. The number of hydrogen-bond acceptors (Lipinski definition) is 8. The highest BCUT2D eigenvalue weighted by atomic mass is 35.5. The van der Waals surface area contributed by atoms with E-state index < -0.39 is 50.6 Å². The van der Waals surface area contributed by atoms with Crippen LogP contribution in [0, 0.1) is 18.2 Å². The number of terminal acetylenes is 1. The smallest absolute Gasteiger partial charge is 0.350 e. The topological polar surface area (TPSA) is 159 Å². The van der Waals surface area contributed by atoms with E-state index in [1.165, 1.54) is 23.0 Å². The lowest BCUT2D eigenvalue weighted by molar-refractivity contribution is -0.105. The van der Waals surface area contributed by atoms with Gasteiger partial charge in [0, 0.05) is 5.56 Å². The number of fused-ring (bicyclic) bond motifs is 1. The fraction of sp³-hybridized carbons (Fsp3) is 0.364. The first-order valence-corrected chi connectivity index (χ1v) is 12.8. The second-order valence-corrected chi connectivity index (χ2v) is 10.3. The van der Waals surface area contributed by atoms with Crippen LogP contribution in [-0.2, 0) is 14.0 Å². The molecule has 1 saturated heterocycles. The van der Waals surface area contributed by atoms with Gasteiger partial charge in [-0.1, -0.05) is 35.7 Å². The minimum Gasteiger partial charge on any atom is -0.386 e. The van der Waals surface area contributed by atoms with Gasteiger partial charge < -0.3 is 34.8 Å². The second kappa shape index (κ2) is 10.0. The van der Waals surface area contributed by atoms with Crippen molar-refractivity contribution in [1.82, 2.24) is 14.8 Å². The summed E-state index contributed by atoms with van der Waals surface area (Å²) in [4.78, 5) is 22.3. The van der Waals surface area contributed by atoms with Crippen molar-refractivity contribution in [1.29, 1.82) is 0 Å². The summed E-state index contributed by atoms with van der Waals surface area (Å²) < 4.78 is 37.3. The molecule has 0 spiro atoms. The van der Waals surface area contributed by atoms with Crippen LogP contribution in [0.4, 0.5) is 10.1 Å². The van der Waals surface area contributed by atoms with E-state index in [0.717, 1.165) is 0 Å². The Hall–Kier alpha value is -2.59. The Labute approximate surface area is 210 Å². The molecule has 0 bridgehead atoms. The van der Waals surface area contributed by atoms with Gasteiger partial charge in [0.05, 0.1) is 29.9 Å². The van der Waals surface area contributed by atoms with Crippen molar-refractivity contribution in [3.63, 3.8) is 0 Å². The molecule has 11 nitrogen and oxygen atoms in total. The van der Waals surface area contributed by atoms with Gasteiger partial charge in [-0.3, -0.25) is 4.57 Å². The number of halogens is 2. The first-order chi connectivity index (χ1) is 17.0. The Balaban J connectivity index is 1.65. The molecule has 0 amide bonds. The summed E-state index contributed by atoms with van der Waals surface area (Å²) in [5.41, 5.74) is -0.840. The van der Waals surface area contributed by atoms with Crippen molar-refractivity contribution in [2.75, 3.05) is 18.3 Å². The molecular weight excluding hydrogens is 518 g/mol. The van der Waals surface area contributed by atoms with Gasteiger partial charge in [0.15, 0.2) is 17.5 Å². The van der Waals surface area contributed by atoms with Crippen LogP contribution in [0.5, 0.6) is 0 Å². The average Bonchev–Trinajstić information content (AvgIpc) is 3.33. The first kappa shape index (κ1) is 26.5. The first-order valence-electron chi connectivity index (χ1n) is 10.6. The minimum absolute atomic E-state index is 0.0636. The van der Waals surface area contributed by atoms with Crippen LogP contribution in [0.1, 0.15) is 24.8 Å². The van der Waals surface area contributed by atoms with E-state index in [2.05, 4.69) is 21.3 Å². The summed E-state index contributed by atoms with van der Waals surface area (Å²) >= 11 is 6.23. The summed E-state index contributed by atoms with van der Waals surface area (Å²) in [6.45, 7) is 1.16. The number of rotatable bonds is 8. The molecular formula is C22H23ClFN4O7P. The number of aliphatic hydroxyl groups excluding tert-OH is 2. The number of aromatic nitrogens is 3. The third kappa shape index (κ3) is 5.11. The Morgan fingerprint density at radius 1 is 1.42 bits per heavy atom. The van der Waals surface area contributed by atoms with Gasteiger partial charge in [-0.2, -0.15) is 5.10 Å². The minimum atomic E-state index is -4.51. The summed E-state index contributed by atoms with van der Waals surface area (Å²) in [6, 6.07) is 7.39. The number of aliphatic hydroxyl groups is 2. The van der Waals surface area contributed by atoms with Crippen molar-refractivity contribution >= 4 is 35.9 Å². The van der Waals surface area contributed by atoms with Crippen LogP contribution in [0.15, 0.2) is 36.5 Å². The molecule has 192 valence electrons. The Morgan fingerprint density at radius 2 is 2.14 bits per heavy atom. The lowest BCUT2D eigenvalue weighted by Gasteiger charge is -2.26. The molecule has 3 aromatic rings. The number of nitrogens with one attached hydrogen (secondary N) is 1. The molecule has 5 atom stereocenters. The van der Waals surface area contributed by atoms with Crippen LogP contribution in [0.3, 0.4) is 0 Å². The van der Waals surface area contributed by atoms with Crippen LogP contribution in [-0.4, -0.2) is 65.5 Å². The van der Waals surface area contributed by atoms with Crippen LogP contribution in [0.25, 0.3) is 11.0 Å². The number of pyridine rings is 1. The fourth-order valence-corrected chi connectivity index (χ4v) is 4.53. The molecule has 14 heteroatoms. The van der Waals surface area contributed by atoms with E-state index >= 15 is 0 Å². The normalized spacial score (nSPS) is 25.1. The fourth-order valence-electron chi connectivity index (χ4n) is 4.01. The Bertz CT molecular complexity index is 1360. The molecule has 1 aromatic carbocycles. The molecule has 3 heterocycles. The zero-order valence-corrected chi connectivity index (χ0v) is 20.5. The van der Waals surface area contributed by atoms with E-state index in [1.807, 2.05) is 0 Å². The summed E-state index contributed by atoms with van der Waals surface area (Å²) in [5, 5.41) is 29.3. The van der Waals surface area contributed by atoms with Gasteiger partial charge >= 0.3 is 7.60 Å². The molecule has 0 saturated carbocycles. The van der Waals surface area contributed by atoms with Crippen molar-refractivity contribution in [3.8, 4) is 12.3 Å². The maximum atomic E-state index is 14.3. The Kier molecular flexibility index (Phi) is 7.39. The van der Waals surface area contributed by atoms with Gasteiger partial charge in [-0.15, -0.1) is 6.42 Å². The van der Waals surface area contributed by atoms with Gasteiger partial charge in [0.2, 0.25) is 0 Å². The summed E-state index contributed by atoms with van der Waals surface area (Å²) in [5.74, 6) is 1.83. The van der Waals surface area contributed by atoms with E-state index in [1.54, 1.807) is 25.1 Å². The molecule has 36 heavy (non-hydrogen) atoms. The maximum Gasteiger partial charge on any atom is 0.350 e. The third-order valence-electron chi connectivity index (χ3n) is 5.76. The number of benzene rings is 1. The Morgan fingerprint density at radius 3 is 2.81 bits per heavy atom. The summed E-state index contributed by atoms with van der Waals surface area (Å²) in [6.07, 6.45) is 1.40. The molecule has 1 fully saturated rings. The van der Waals surface area contributed by atoms with Crippen molar-refractivity contribution < 1.29 is 38.4 Å². The van der Waals surface area contributed by atoms with Crippen molar-refractivity contribution in [3.05, 3.63) is 53.1 Å². The highest BCUT2D eigenvalue weighted by Crippen LogP contribution is 2.41. The van der Waals surface area contributed by atoms with Crippen molar-refractivity contribution in [2.24, 2.45) is 0 Å². The number of anilines is 1. The molecule has 2 aromatic heterocycles. The average molecular weight is 541 g/mol. The van der Waals surface area contributed by atoms with Crippen LogP contribution in [0.2, 0.25) is 5.15 Å². The predicted octanol–water partition coefficient (Wildman–Crippen LogP) is 2.17. The van der Waals surface area contributed by atoms with Crippen LogP contribution < -0.4 is 5.32 Å². The predicted molar refractivity (Wildman–Crippen MR) is 128 cm³/mol. The zero-order valence-electron chi connectivity index (χ0n) is 18.8. The van der Waals surface area contributed by atoms with Crippen molar-refractivity contribution in [2.45, 2.75) is 37.0 Å². The molecule has 1 aliphatic heterocycles. The molecule has 0 radical (unpaired) electrons. The lowest BCUT2D eigenvalue weighted by Crippen LogP contribution is -2.45. The quantitative estimate of drug-likeness (QED) is 0.163. The molecule has 4 rings (SSSR count). The van der Waals surface area contributed by atoms with Gasteiger partial charge in [-0.25, -0.2) is 14.1 Å². The van der Waals surface area contributed by atoms with E-state index in [-0.39, 0.29) is 16.6 Å². The van der Waals surface area contributed by atoms with E-state index in [0.29, 0.717) is 16.6 Å². The second-order valence-electron chi connectivity index (χ2n) is 8.33. The highest BCUT2D eigenvalue weighted by molar-refractivity contribution is 7.51. The number of ether oxygens (including phenoxy) is 2. The zero-order chi connectivity index (χ0) is 26.3. The molecule has 5 N–H and O–H groups in total. The third-order valence-corrected chi connectivity index (χ3v) is 6.48. The molecule has 1 aliphatic rings. The van der Waals surface area contributed by atoms with Gasteiger partial charge in [0.1, 0.15) is 29.5 Å². The van der Waals surface area contributed by atoms with E-state index in [4.69, 9.17) is 37.3 Å². The maximum absolute atomic E-state index is 14.3. The largest absolute Gasteiger partial charge is 0.386 e. The van der Waals surface area contributed by atoms with Gasteiger partial charge in [0.25, 0.3) is 0 Å². The SMILES string of the molecule is C#C[C@]1(COCP(=O)(O)O)OC(n2ncc3c(NC(C)c4ccccc4F)cc(Cl)nc32)[C@H](O)[C@@H]1O. The highest BCUT2D eigenvalue weighted by Gasteiger charge is 2.55. The summed E-state index contributed by atoms with van der Waals surface area (Å²) in [7, 11) is -4.51.